The molecule has 6 nitrogen and oxygen atoms in total. The third-order valence-corrected chi connectivity index (χ3v) is 9.89. The first kappa shape index (κ1) is 22.5. The minimum atomic E-state index is -0.598. The van der Waals surface area contributed by atoms with Crippen LogP contribution < -0.4 is 5.56 Å². The molecule has 0 amide bonds. The number of hydrogen-bond acceptors (Lipinski definition) is 4. The molecule has 7 heteroatoms. The van der Waals surface area contributed by atoms with Gasteiger partial charge in [0.2, 0.25) is 0 Å². The number of nitrogens with zero attached hydrogens (tertiary/aromatic N) is 3. The fourth-order valence-electron chi connectivity index (χ4n) is 7.82. The third kappa shape index (κ3) is 2.91. The number of benzene rings is 2. The van der Waals surface area contributed by atoms with Gasteiger partial charge in [0.25, 0.3) is 5.56 Å². The second kappa shape index (κ2) is 7.20. The van der Waals surface area contributed by atoms with Gasteiger partial charge in [-0.1, -0.05) is 29.8 Å². The molecule has 2 bridgehead atoms. The van der Waals surface area contributed by atoms with E-state index in [1.165, 1.54) is 11.1 Å². The lowest BCUT2D eigenvalue weighted by atomic mass is 9.35. The fourth-order valence-corrected chi connectivity index (χ4v) is 8.07. The van der Waals surface area contributed by atoms with Crippen LogP contribution in [0.5, 0.6) is 0 Å². The highest BCUT2D eigenvalue weighted by Crippen LogP contribution is 2.73. The molecular weight excluding hydrogens is 474 g/mol. The van der Waals surface area contributed by atoms with E-state index in [9.17, 15) is 14.7 Å². The predicted molar refractivity (Wildman–Crippen MR) is 139 cm³/mol. The predicted octanol–water partition coefficient (Wildman–Crippen LogP) is 5.11. The summed E-state index contributed by atoms with van der Waals surface area (Å²) in [5, 5.41) is 10.3. The van der Waals surface area contributed by atoms with Crippen molar-refractivity contribution in [1.82, 2.24) is 14.5 Å². The number of carboxylic acids is 1. The molecule has 1 saturated heterocycles. The maximum atomic E-state index is 12.9. The Labute approximate surface area is 214 Å². The molecule has 5 aliphatic rings. The maximum absolute atomic E-state index is 12.9. The molecule has 3 heterocycles. The van der Waals surface area contributed by atoms with Crippen LogP contribution in [0.2, 0.25) is 5.02 Å². The summed E-state index contributed by atoms with van der Waals surface area (Å²) >= 11 is 6.43. The second-order valence-electron chi connectivity index (χ2n) is 12.3. The summed E-state index contributed by atoms with van der Waals surface area (Å²) in [7, 11) is 0. The van der Waals surface area contributed by atoms with E-state index in [1.807, 2.05) is 12.1 Å². The number of carbonyl (C=O) groups is 1. The normalized spacial score (nSPS) is 28.3. The van der Waals surface area contributed by atoms with Crippen molar-refractivity contribution < 1.29 is 9.90 Å². The van der Waals surface area contributed by atoms with E-state index in [2.05, 4.69) is 46.5 Å². The molecule has 2 aromatic carbocycles. The van der Waals surface area contributed by atoms with E-state index in [4.69, 9.17) is 11.6 Å². The Hall–Kier alpha value is -2.70. The van der Waals surface area contributed by atoms with E-state index in [0.29, 0.717) is 16.3 Å². The lowest BCUT2D eigenvalue weighted by molar-refractivity contribution is -0.228. The van der Waals surface area contributed by atoms with Gasteiger partial charge in [0, 0.05) is 6.54 Å². The SMILES string of the molecule is CC1(C)c2ccc(C3CCN(CC45CC(C(=O)O)(C4)C5)CC3)cc2-n2c1nc(=O)c1c(Cl)cccc12. The van der Waals surface area contributed by atoms with Gasteiger partial charge in [-0.2, -0.15) is 4.98 Å². The largest absolute Gasteiger partial charge is 0.481 e. The highest BCUT2D eigenvalue weighted by molar-refractivity contribution is 6.35. The minimum Gasteiger partial charge on any atom is -0.481 e. The summed E-state index contributed by atoms with van der Waals surface area (Å²) in [5.74, 6) is 0.653. The second-order valence-corrected chi connectivity index (χ2v) is 12.7. The van der Waals surface area contributed by atoms with Gasteiger partial charge < -0.3 is 10.0 Å². The van der Waals surface area contributed by atoms with E-state index < -0.39 is 5.97 Å². The number of piperidine rings is 1. The van der Waals surface area contributed by atoms with Crippen LogP contribution >= 0.6 is 11.6 Å². The summed E-state index contributed by atoms with van der Waals surface area (Å²) in [6.07, 6.45) is 4.80. The van der Waals surface area contributed by atoms with Crippen LogP contribution in [-0.2, 0) is 10.2 Å². The lowest BCUT2D eigenvalue weighted by Gasteiger charge is -2.69. The van der Waals surface area contributed by atoms with Crippen molar-refractivity contribution in [3.63, 3.8) is 0 Å². The van der Waals surface area contributed by atoms with Gasteiger partial charge >= 0.3 is 5.97 Å². The highest BCUT2D eigenvalue weighted by Gasteiger charge is 2.71. The summed E-state index contributed by atoms with van der Waals surface area (Å²) in [5.41, 5.74) is 3.66. The molecule has 0 spiro atoms. The van der Waals surface area contributed by atoms with Crippen LogP contribution in [0.4, 0.5) is 0 Å². The smallest absolute Gasteiger partial charge is 0.309 e. The monoisotopic (exact) mass is 503 g/mol. The summed E-state index contributed by atoms with van der Waals surface area (Å²) < 4.78 is 2.14. The summed E-state index contributed by atoms with van der Waals surface area (Å²) in [4.78, 5) is 31.4. The molecule has 4 fully saturated rings. The van der Waals surface area contributed by atoms with Crippen LogP contribution in [0.3, 0.4) is 0 Å². The van der Waals surface area contributed by atoms with Gasteiger partial charge in [0.15, 0.2) is 0 Å². The van der Waals surface area contributed by atoms with E-state index in [0.717, 1.165) is 68.8 Å². The number of aromatic nitrogens is 2. The van der Waals surface area contributed by atoms with Crippen LogP contribution in [0, 0.1) is 10.8 Å². The fraction of sp³-hybridized carbons (Fsp3) is 0.483. The Balaban J connectivity index is 1.16. The average Bonchev–Trinajstić information content (AvgIpc) is 3.02. The zero-order valence-corrected chi connectivity index (χ0v) is 21.4. The molecule has 3 saturated carbocycles. The minimum absolute atomic E-state index is 0.264. The molecule has 1 N–H and O–H groups in total. The van der Waals surface area contributed by atoms with Crippen molar-refractivity contribution >= 4 is 28.5 Å². The topological polar surface area (TPSA) is 75.4 Å². The number of likely N-dealkylation sites (tertiary alicyclic amines) is 1. The van der Waals surface area contributed by atoms with Gasteiger partial charge in [-0.25, -0.2) is 0 Å². The third-order valence-electron chi connectivity index (χ3n) is 9.57. The van der Waals surface area contributed by atoms with E-state index in [1.54, 1.807) is 6.07 Å². The van der Waals surface area contributed by atoms with Gasteiger partial charge in [-0.05, 0) is 99.7 Å². The molecule has 2 aliphatic heterocycles. The van der Waals surface area contributed by atoms with Crippen molar-refractivity contribution in [2.75, 3.05) is 19.6 Å². The number of hydrogen-bond donors (Lipinski definition) is 1. The average molecular weight is 504 g/mol. The van der Waals surface area contributed by atoms with Crippen LogP contribution in [0.25, 0.3) is 16.6 Å². The maximum Gasteiger partial charge on any atom is 0.309 e. The van der Waals surface area contributed by atoms with E-state index >= 15 is 0 Å². The van der Waals surface area contributed by atoms with Gasteiger partial charge in [-0.15, -0.1) is 0 Å². The first-order chi connectivity index (χ1) is 17.1. The van der Waals surface area contributed by atoms with Gasteiger partial charge in [0.05, 0.1) is 32.4 Å². The van der Waals surface area contributed by atoms with Crippen molar-refractivity contribution in [1.29, 1.82) is 0 Å². The molecule has 36 heavy (non-hydrogen) atoms. The number of halogens is 1. The Morgan fingerprint density at radius 2 is 1.86 bits per heavy atom. The van der Waals surface area contributed by atoms with Gasteiger partial charge in [0.1, 0.15) is 5.82 Å². The zero-order valence-electron chi connectivity index (χ0n) is 20.7. The molecule has 1 aromatic heterocycles. The van der Waals surface area contributed by atoms with Crippen LogP contribution in [0.15, 0.2) is 41.2 Å². The van der Waals surface area contributed by atoms with Crippen molar-refractivity contribution in [3.05, 3.63) is 68.7 Å². The molecule has 0 atom stereocenters. The first-order valence-corrected chi connectivity index (χ1v) is 13.3. The lowest BCUT2D eigenvalue weighted by Crippen LogP contribution is -2.68. The van der Waals surface area contributed by atoms with Crippen molar-refractivity contribution in [2.24, 2.45) is 10.8 Å². The quantitative estimate of drug-likeness (QED) is 0.535. The number of aliphatic carboxylic acids is 1. The van der Waals surface area contributed by atoms with Crippen molar-refractivity contribution in [2.45, 2.75) is 57.3 Å². The number of fused-ring (bicyclic) bond motifs is 5. The van der Waals surface area contributed by atoms with Crippen molar-refractivity contribution in [3.8, 4) is 5.69 Å². The van der Waals surface area contributed by atoms with Crippen LogP contribution in [-0.4, -0.2) is 45.2 Å². The molecule has 3 aliphatic carbocycles. The molecule has 8 rings (SSSR count). The number of carboxylic acid groups (broad SMARTS) is 1. The molecule has 3 aromatic rings. The molecule has 186 valence electrons. The van der Waals surface area contributed by atoms with Crippen LogP contribution in [0.1, 0.15) is 68.8 Å². The number of rotatable bonds is 4. The standard InChI is InChI=1S/C29H30ClN3O3/c1-27(2)19-7-6-18(12-22(19)33-21-5-3-4-20(30)23(21)24(34)31-25(27)33)17-8-10-32(11-9-17)16-28-13-29(14-28,15-28)26(35)36/h3-7,12,17H,8-11,13-16H2,1-2H3,(H,35,36). The molecular formula is C29H30ClN3O3. The Morgan fingerprint density at radius 3 is 2.56 bits per heavy atom. The van der Waals surface area contributed by atoms with E-state index in [-0.39, 0.29) is 21.8 Å². The first-order valence-electron chi connectivity index (χ1n) is 12.9. The molecule has 0 radical (unpaired) electrons. The molecule has 0 unspecified atom stereocenters. The Morgan fingerprint density at radius 1 is 1.14 bits per heavy atom. The Kier molecular flexibility index (Phi) is 4.50. The Bertz CT molecular complexity index is 1500. The van der Waals surface area contributed by atoms with Gasteiger partial charge in [-0.3, -0.25) is 14.2 Å². The summed E-state index contributed by atoms with van der Waals surface area (Å²) in [6.45, 7) is 7.42. The highest BCUT2D eigenvalue weighted by atomic mass is 35.5. The zero-order chi connectivity index (χ0) is 25.0. The summed E-state index contributed by atoms with van der Waals surface area (Å²) in [6, 6.07) is 12.4.